The summed E-state index contributed by atoms with van der Waals surface area (Å²) in [5.41, 5.74) is 0.987. The third-order valence-electron chi connectivity index (χ3n) is 5.75. The molecule has 3 aliphatic rings. The molecule has 1 N–H and O–H groups in total. The smallest absolute Gasteiger partial charge is 0.326 e. The minimum absolute atomic E-state index is 0.116. The van der Waals surface area contributed by atoms with E-state index in [0.29, 0.717) is 6.54 Å². The summed E-state index contributed by atoms with van der Waals surface area (Å²) in [6.45, 7) is 1.35. The minimum Gasteiger partial charge on any atom is -0.454 e. The van der Waals surface area contributed by atoms with Crippen LogP contribution in [0.15, 0.2) is 24.3 Å². The van der Waals surface area contributed by atoms with E-state index in [1.54, 1.807) is 11.8 Å². The van der Waals surface area contributed by atoms with Crippen molar-refractivity contribution in [3.8, 4) is 0 Å². The van der Waals surface area contributed by atoms with Crippen molar-refractivity contribution in [3.63, 3.8) is 0 Å². The van der Waals surface area contributed by atoms with E-state index in [-0.39, 0.29) is 11.8 Å². The summed E-state index contributed by atoms with van der Waals surface area (Å²) in [6, 6.07) is 7.06. The molecular formula is C20H23N3O5. The number of ether oxygens (including phenoxy) is 1. The first kappa shape index (κ1) is 18.5. The highest BCUT2D eigenvalue weighted by Gasteiger charge is 2.56. The zero-order valence-electron chi connectivity index (χ0n) is 15.8. The number of urea groups is 1. The van der Waals surface area contributed by atoms with Gasteiger partial charge in [-0.05, 0) is 50.2 Å². The second-order valence-electron chi connectivity index (χ2n) is 7.74. The molecule has 1 aromatic rings. The Morgan fingerprint density at radius 1 is 1.25 bits per heavy atom. The summed E-state index contributed by atoms with van der Waals surface area (Å²) < 4.78 is 5.07. The molecule has 4 amide bonds. The maximum atomic E-state index is 12.5. The number of hydrogen-bond donors (Lipinski definition) is 1. The zero-order chi connectivity index (χ0) is 19.9. The van der Waals surface area contributed by atoms with Gasteiger partial charge >= 0.3 is 12.0 Å². The predicted octanol–water partition coefficient (Wildman–Crippen LogP) is 1.23. The van der Waals surface area contributed by atoms with Gasteiger partial charge in [0.2, 0.25) is 0 Å². The topological polar surface area (TPSA) is 96.0 Å². The van der Waals surface area contributed by atoms with Crippen LogP contribution in [0, 0.1) is 5.92 Å². The molecule has 8 heteroatoms. The maximum Gasteiger partial charge on any atom is 0.326 e. The van der Waals surface area contributed by atoms with E-state index < -0.39 is 36.6 Å². The number of carbonyl (C=O) groups is 4. The molecule has 28 heavy (non-hydrogen) atoms. The number of nitrogens with one attached hydrogen (secondary N) is 1. The SMILES string of the molecule is C[C@]1(C2CC2)NC(=O)N(CC(=O)OCC(=O)N2CCCc3ccccc32)C1=O. The molecule has 1 aromatic carbocycles. The van der Waals surface area contributed by atoms with E-state index in [1.807, 2.05) is 24.3 Å². The summed E-state index contributed by atoms with van der Waals surface area (Å²) in [6.07, 6.45) is 3.52. The van der Waals surface area contributed by atoms with Gasteiger partial charge in [-0.15, -0.1) is 0 Å². The number of esters is 1. The molecule has 2 aliphatic heterocycles. The normalized spacial score (nSPS) is 24.0. The van der Waals surface area contributed by atoms with Crippen LogP contribution in [0.5, 0.6) is 0 Å². The van der Waals surface area contributed by atoms with Crippen LogP contribution >= 0.6 is 0 Å². The first-order chi connectivity index (χ1) is 13.4. The number of amides is 4. The number of aryl methyl sites for hydroxylation is 1. The Morgan fingerprint density at radius 2 is 2.00 bits per heavy atom. The van der Waals surface area contributed by atoms with Gasteiger partial charge < -0.3 is 15.0 Å². The summed E-state index contributed by atoms with van der Waals surface area (Å²) in [7, 11) is 0. The van der Waals surface area contributed by atoms with Crippen LogP contribution in [-0.2, 0) is 25.5 Å². The average Bonchev–Trinajstić information content (AvgIpc) is 3.52. The lowest BCUT2D eigenvalue weighted by atomic mass is 9.96. The van der Waals surface area contributed by atoms with Gasteiger partial charge in [0, 0.05) is 12.2 Å². The lowest BCUT2D eigenvalue weighted by Gasteiger charge is -2.29. The summed E-state index contributed by atoms with van der Waals surface area (Å²) >= 11 is 0. The van der Waals surface area contributed by atoms with Crippen LogP contribution in [-0.4, -0.2) is 54.0 Å². The van der Waals surface area contributed by atoms with E-state index >= 15 is 0 Å². The number of fused-ring (bicyclic) bond motifs is 1. The lowest BCUT2D eigenvalue weighted by Crippen LogP contribution is -2.46. The minimum atomic E-state index is -0.940. The largest absolute Gasteiger partial charge is 0.454 e. The average molecular weight is 385 g/mol. The van der Waals surface area contributed by atoms with Gasteiger partial charge in [0.15, 0.2) is 6.61 Å². The van der Waals surface area contributed by atoms with Crippen LogP contribution in [0.2, 0.25) is 0 Å². The van der Waals surface area contributed by atoms with Gasteiger partial charge in [-0.2, -0.15) is 0 Å². The highest BCUT2D eigenvalue weighted by Crippen LogP contribution is 2.42. The van der Waals surface area contributed by atoms with Crippen molar-refractivity contribution in [3.05, 3.63) is 29.8 Å². The van der Waals surface area contributed by atoms with Gasteiger partial charge in [-0.25, -0.2) is 4.79 Å². The Hall–Kier alpha value is -2.90. The Morgan fingerprint density at radius 3 is 2.75 bits per heavy atom. The van der Waals surface area contributed by atoms with Crippen LogP contribution in [0.1, 0.15) is 31.7 Å². The van der Waals surface area contributed by atoms with Crippen molar-refractivity contribution in [2.24, 2.45) is 5.92 Å². The summed E-state index contributed by atoms with van der Waals surface area (Å²) in [4.78, 5) is 51.8. The first-order valence-corrected chi connectivity index (χ1v) is 9.58. The quantitative estimate of drug-likeness (QED) is 0.608. The first-order valence-electron chi connectivity index (χ1n) is 9.58. The molecule has 2 heterocycles. The molecule has 1 aliphatic carbocycles. The van der Waals surface area contributed by atoms with Gasteiger partial charge in [-0.1, -0.05) is 18.2 Å². The van der Waals surface area contributed by atoms with Crippen molar-refractivity contribution in [1.82, 2.24) is 10.2 Å². The third-order valence-corrected chi connectivity index (χ3v) is 5.75. The van der Waals surface area contributed by atoms with Crippen LogP contribution in [0.25, 0.3) is 0 Å². The summed E-state index contributed by atoms with van der Waals surface area (Å²) in [5, 5.41) is 2.68. The van der Waals surface area contributed by atoms with Gasteiger partial charge in [0.1, 0.15) is 12.1 Å². The summed E-state index contributed by atoms with van der Waals surface area (Å²) in [5.74, 6) is -1.39. The van der Waals surface area contributed by atoms with E-state index in [9.17, 15) is 19.2 Å². The van der Waals surface area contributed by atoms with Crippen LogP contribution in [0.3, 0.4) is 0 Å². The molecule has 4 rings (SSSR count). The van der Waals surface area contributed by atoms with E-state index in [1.165, 1.54) is 0 Å². The van der Waals surface area contributed by atoms with Gasteiger partial charge in [0.05, 0.1) is 0 Å². The van der Waals surface area contributed by atoms with Crippen LogP contribution < -0.4 is 10.2 Å². The molecule has 0 radical (unpaired) electrons. The highest BCUT2D eigenvalue weighted by molar-refractivity contribution is 6.09. The fourth-order valence-electron chi connectivity index (χ4n) is 3.98. The number of imide groups is 1. The van der Waals surface area contributed by atoms with Crippen LogP contribution in [0.4, 0.5) is 10.5 Å². The Balaban J connectivity index is 1.33. The molecule has 1 atom stereocenters. The fourth-order valence-corrected chi connectivity index (χ4v) is 3.98. The second kappa shape index (κ2) is 6.92. The predicted molar refractivity (Wildman–Crippen MR) is 99.4 cm³/mol. The molecule has 8 nitrogen and oxygen atoms in total. The molecule has 1 saturated heterocycles. The van der Waals surface area contributed by atoms with Crippen molar-refractivity contribution in [1.29, 1.82) is 0 Å². The number of carbonyl (C=O) groups excluding carboxylic acids is 4. The second-order valence-corrected chi connectivity index (χ2v) is 7.74. The van der Waals surface area contributed by atoms with Crippen molar-refractivity contribution >= 4 is 29.5 Å². The van der Waals surface area contributed by atoms with E-state index in [4.69, 9.17) is 4.74 Å². The van der Waals surface area contributed by atoms with Crippen molar-refractivity contribution < 1.29 is 23.9 Å². The third kappa shape index (κ3) is 3.23. The molecule has 0 spiro atoms. The fraction of sp³-hybridized carbons (Fsp3) is 0.500. The monoisotopic (exact) mass is 385 g/mol. The lowest BCUT2D eigenvalue weighted by molar-refractivity contribution is -0.150. The number of rotatable bonds is 5. The maximum absolute atomic E-state index is 12.5. The number of benzene rings is 1. The number of anilines is 1. The Bertz CT molecular complexity index is 850. The van der Waals surface area contributed by atoms with Gasteiger partial charge in [0.25, 0.3) is 11.8 Å². The molecule has 0 unspecified atom stereocenters. The molecule has 0 aromatic heterocycles. The molecule has 0 bridgehead atoms. The van der Waals surface area contributed by atoms with Crippen molar-refractivity contribution in [2.75, 3.05) is 24.6 Å². The van der Waals surface area contributed by atoms with Gasteiger partial charge in [-0.3, -0.25) is 19.3 Å². The number of para-hydroxylation sites is 1. The molecule has 2 fully saturated rings. The number of hydrogen-bond acceptors (Lipinski definition) is 5. The molecular weight excluding hydrogens is 362 g/mol. The number of nitrogens with zero attached hydrogens (tertiary/aromatic N) is 2. The Labute approximate surface area is 162 Å². The van der Waals surface area contributed by atoms with Crippen molar-refractivity contribution in [2.45, 2.75) is 38.1 Å². The highest BCUT2D eigenvalue weighted by atomic mass is 16.5. The zero-order valence-corrected chi connectivity index (χ0v) is 15.8. The Kier molecular flexibility index (Phi) is 4.56. The van der Waals surface area contributed by atoms with E-state index in [2.05, 4.69) is 5.32 Å². The standard InChI is InChI=1S/C20H23N3O5/c1-20(14-8-9-14)18(26)23(19(27)21-20)11-17(25)28-12-16(24)22-10-4-6-13-5-2-3-7-15(13)22/h2-3,5,7,14H,4,6,8-12H2,1H3,(H,21,27)/t20-/m1/s1. The molecule has 148 valence electrons. The molecule has 1 saturated carbocycles. The van der Waals surface area contributed by atoms with E-state index in [0.717, 1.165) is 41.8 Å².